The summed E-state index contributed by atoms with van der Waals surface area (Å²) >= 11 is 0. The number of carbonyl (C=O) groups excluding carboxylic acids is 1. The fourth-order valence-corrected chi connectivity index (χ4v) is 5.71. The van der Waals surface area contributed by atoms with Gasteiger partial charge in [0.2, 0.25) is 10.0 Å². The molecular weight excluding hydrogens is 462 g/mol. The van der Waals surface area contributed by atoms with Crippen LogP contribution in [0.25, 0.3) is 0 Å². The van der Waals surface area contributed by atoms with E-state index in [0.717, 1.165) is 49.0 Å². The van der Waals surface area contributed by atoms with Gasteiger partial charge < -0.3 is 10.1 Å². The Morgan fingerprint density at radius 1 is 1.03 bits per heavy atom. The summed E-state index contributed by atoms with van der Waals surface area (Å²) in [6.45, 7) is 0.750. The van der Waals surface area contributed by atoms with E-state index in [0.29, 0.717) is 18.7 Å². The molecule has 0 radical (unpaired) electrons. The largest absolute Gasteiger partial charge is 0.489 e. The van der Waals surface area contributed by atoms with Crippen molar-refractivity contribution < 1.29 is 17.9 Å². The van der Waals surface area contributed by atoms with E-state index in [4.69, 9.17) is 4.74 Å². The number of benzene rings is 2. The minimum absolute atomic E-state index is 0.0162. The summed E-state index contributed by atoms with van der Waals surface area (Å²) in [7, 11) is -2.02. The molecular formula is C27H31N3O4S. The van der Waals surface area contributed by atoms with Crippen molar-refractivity contribution in [2.24, 2.45) is 0 Å². The number of pyridine rings is 1. The molecule has 1 aromatic heterocycles. The zero-order chi connectivity index (χ0) is 24.7. The van der Waals surface area contributed by atoms with Gasteiger partial charge in [0.05, 0.1) is 4.90 Å². The minimum atomic E-state index is -3.66. The molecule has 0 saturated heterocycles. The van der Waals surface area contributed by atoms with Crippen molar-refractivity contribution in [3.63, 3.8) is 0 Å². The second kappa shape index (κ2) is 11.5. The van der Waals surface area contributed by atoms with Crippen LogP contribution in [0.2, 0.25) is 0 Å². The van der Waals surface area contributed by atoms with E-state index in [2.05, 4.69) is 10.3 Å². The molecule has 7 nitrogen and oxygen atoms in total. The number of carbonyl (C=O) groups is 1. The number of hydrogen-bond donors (Lipinski definition) is 1. The Labute approximate surface area is 207 Å². The maximum Gasteiger partial charge on any atom is 0.251 e. The predicted molar refractivity (Wildman–Crippen MR) is 134 cm³/mol. The summed E-state index contributed by atoms with van der Waals surface area (Å²) in [5.41, 5.74) is 2.21. The highest BCUT2D eigenvalue weighted by molar-refractivity contribution is 7.89. The molecule has 1 heterocycles. The van der Waals surface area contributed by atoms with Crippen LogP contribution in [-0.4, -0.2) is 36.7 Å². The van der Waals surface area contributed by atoms with Crippen LogP contribution in [0.5, 0.6) is 5.75 Å². The van der Waals surface area contributed by atoms with Gasteiger partial charge in [0, 0.05) is 43.2 Å². The second-order valence-corrected chi connectivity index (χ2v) is 10.8. The van der Waals surface area contributed by atoms with Crippen molar-refractivity contribution in [3.05, 3.63) is 89.7 Å². The molecule has 3 aromatic rings. The zero-order valence-corrected chi connectivity index (χ0v) is 20.7. The molecule has 8 heteroatoms. The lowest BCUT2D eigenvalue weighted by atomic mass is 9.96. The molecule has 1 amide bonds. The molecule has 0 unspecified atom stereocenters. The minimum Gasteiger partial charge on any atom is -0.489 e. The van der Waals surface area contributed by atoms with Gasteiger partial charge >= 0.3 is 0 Å². The Hall–Kier alpha value is -3.23. The molecule has 0 atom stereocenters. The Balaban J connectivity index is 1.34. The van der Waals surface area contributed by atoms with Crippen LogP contribution in [0.1, 0.15) is 53.6 Å². The van der Waals surface area contributed by atoms with Crippen LogP contribution in [0.3, 0.4) is 0 Å². The third-order valence-corrected chi connectivity index (χ3v) is 8.27. The third kappa shape index (κ3) is 6.46. The number of amides is 1. The lowest BCUT2D eigenvalue weighted by Gasteiger charge is -2.30. The van der Waals surface area contributed by atoms with E-state index in [9.17, 15) is 13.2 Å². The molecule has 1 N–H and O–H groups in total. The molecule has 35 heavy (non-hydrogen) atoms. The Kier molecular flexibility index (Phi) is 8.15. The SMILES string of the molecule is CN(C1CCCCC1)S(=O)(=O)c1cccc(C(=O)NCc2ccc(OCc3cccnc3)cc2)c1. The summed E-state index contributed by atoms with van der Waals surface area (Å²) in [5.74, 6) is 0.406. The maximum atomic E-state index is 13.1. The van der Waals surface area contributed by atoms with Crippen LogP contribution < -0.4 is 10.1 Å². The summed E-state index contributed by atoms with van der Waals surface area (Å²) in [4.78, 5) is 17.0. The number of rotatable bonds is 9. The van der Waals surface area contributed by atoms with Gasteiger partial charge in [-0.2, -0.15) is 4.31 Å². The normalized spacial score (nSPS) is 14.6. The molecule has 4 rings (SSSR count). The third-order valence-electron chi connectivity index (χ3n) is 6.37. The van der Waals surface area contributed by atoms with Crippen molar-refractivity contribution in [2.75, 3.05) is 7.05 Å². The average Bonchev–Trinajstić information content (AvgIpc) is 2.92. The Bertz CT molecular complexity index is 1220. The van der Waals surface area contributed by atoms with Gasteiger partial charge in [-0.1, -0.05) is 43.5 Å². The van der Waals surface area contributed by atoms with Crippen molar-refractivity contribution in [1.82, 2.24) is 14.6 Å². The van der Waals surface area contributed by atoms with Gasteiger partial charge in [-0.3, -0.25) is 9.78 Å². The van der Waals surface area contributed by atoms with Gasteiger partial charge in [0.25, 0.3) is 5.91 Å². The summed E-state index contributed by atoms with van der Waals surface area (Å²) in [6.07, 6.45) is 8.48. The fourth-order valence-electron chi connectivity index (χ4n) is 4.24. The van der Waals surface area contributed by atoms with Crippen LogP contribution in [0.15, 0.2) is 78.0 Å². The summed E-state index contributed by atoms with van der Waals surface area (Å²) < 4.78 is 33.5. The van der Waals surface area contributed by atoms with Gasteiger partial charge in [-0.05, 0) is 54.8 Å². The highest BCUT2D eigenvalue weighted by Gasteiger charge is 2.29. The number of hydrogen-bond acceptors (Lipinski definition) is 5. The molecule has 1 fully saturated rings. The molecule has 0 aliphatic heterocycles. The first-order valence-electron chi connectivity index (χ1n) is 11.9. The van der Waals surface area contributed by atoms with E-state index in [1.54, 1.807) is 37.6 Å². The van der Waals surface area contributed by atoms with Crippen LogP contribution in [0, 0.1) is 0 Å². The Morgan fingerprint density at radius 2 is 1.80 bits per heavy atom. The number of nitrogens with one attached hydrogen (secondary N) is 1. The monoisotopic (exact) mass is 493 g/mol. The molecule has 1 aliphatic rings. The van der Waals surface area contributed by atoms with Crippen molar-refractivity contribution in [3.8, 4) is 5.75 Å². The van der Waals surface area contributed by atoms with Gasteiger partial charge in [0.1, 0.15) is 12.4 Å². The lowest BCUT2D eigenvalue weighted by molar-refractivity contribution is 0.0950. The van der Waals surface area contributed by atoms with Crippen molar-refractivity contribution >= 4 is 15.9 Å². The van der Waals surface area contributed by atoms with Gasteiger partial charge in [-0.15, -0.1) is 0 Å². The molecule has 2 aromatic carbocycles. The highest BCUT2D eigenvalue weighted by atomic mass is 32.2. The molecule has 1 aliphatic carbocycles. The van der Waals surface area contributed by atoms with Gasteiger partial charge in [0.15, 0.2) is 0 Å². The molecule has 0 bridgehead atoms. The van der Waals surface area contributed by atoms with Crippen LogP contribution in [-0.2, 0) is 23.2 Å². The van der Waals surface area contributed by atoms with E-state index >= 15 is 0 Å². The van der Waals surface area contributed by atoms with E-state index in [1.807, 2.05) is 36.4 Å². The fraction of sp³-hybridized carbons (Fsp3) is 0.333. The number of ether oxygens (including phenoxy) is 1. The van der Waals surface area contributed by atoms with Crippen LogP contribution in [0.4, 0.5) is 0 Å². The lowest BCUT2D eigenvalue weighted by Crippen LogP contribution is -2.38. The van der Waals surface area contributed by atoms with E-state index in [-0.39, 0.29) is 16.8 Å². The highest BCUT2D eigenvalue weighted by Crippen LogP contribution is 2.26. The molecule has 1 saturated carbocycles. The van der Waals surface area contributed by atoms with Crippen molar-refractivity contribution in [2.45, 2.75) is 56.2 Å². The van der Waals surface area contributed by atoms with Crippen molar-refractivity contribution in [1.29, 1.82) is 0 Å². The topological polar surface area (TPSA) is 88.6 Å². The zero-order valence-electron chi connectivity index (χ0n) is 19.9. The number of aromatic nitrogens is 1. The van der Waals surface area contributed by atoms with E-state index in [1.165, 1.54) is 10.4 Å². The van der Waals surface area contributed by atoms with Gasteiger partial charge in [-0.25, -0.2) is 8.42 Å². The molecule has 0 spiro atoms. The first-order valence-corrected chi connectivity index (χ1v) is 13.3. The molecule has 184 valence electrons. The number of sulfonamides is 1. The summed E-state index contributed by atoms with van der Waals surface area (Å²) in [6, 6.07) is 17.6. The summed E-state index contributed by atoms with van der Waals surface area (Å²) in [5, 5.41) is 2.87. The Morgan fingerprint density at radius 3 is 2.51 bits per heavy atom. The number of nitrogens with zero attached hydrogens (tertiary/aromatic N) is 2. The second-order valence-electron chi connectivity index (χ2n) is 8.82. The first kappa shape index (κ1) is 24.9. The van der Waals surface area contributed by atoms with Crippen LogP contribution >= 0.6 is 0 Å². The van der Waals surface area contributed by atoms with E-state index < -0.39 is 10.0 Å². The quantitative estimate of drug-likeness (QED) is 0.473. The first-order chi connectivity index (χ1) is 16.9. The average molecular weight is 494 g/mol. The standard InChI is InChI=1S/C27H31N3O4S/c1-30(24-9-3-2-4-10-24)35(32,33)26-11-5-8-23(17-26)27(31)29-19-21-12-14-25(15-13-21)34-20-22-7-6-16-28-18-22/h5-8,11-18,24H,2-4,9-10,19-20H2,1H3,(H,29,31). The predicted octanol–water partition coefficient (Wildman–Crippen LogP) is 4.54. The smallest absolute Gasteiger partial charge is 0.251 e. The maximum absolute atomic E-state index is 13.1.